The highest BCUT2D eigenvalue weighted by Gasteiger charge is 2.29. The molecule has 2 amide bonds. The summed E-state index contributed by atoms with van der Waals surface area (Å²) in [6.07, 6.45) is -1.15. The number of benzene rings is 3. The number of hydrazine groups is 1. The highest BCUT2D eigenvalue weighted by Crippen LogP contribution is 2.44. The topological polar surface area (TPSA) is 114 Å². The minimum Gasteiger partial charge on any atom is -0.497 e. The number of rotatable bonds is 8. The molecule has 3 N–H and O–H groups in total. The first-order valence-electron chi connectivity index (χ1n) is 11.2. The molecule has 0 fully saturated rings. The number of hydrogen-bond donors (Lipinski definition) is 3. The Morgan fingerprint density at radius 2 is 1.46 bits per heavy atom. The molecule has 0 heterocycles. The van der Waals surface area contributed by atoms with Gasteiger partial charge in [-0.15, -0.1) is 0 Å². The van der Waals surface area contributed by atoms with Crippen LogP contribution >= 0.6 is 0 Å². The number of carboxylic acids is 1. The molecule has 1 unspecified atom stereocenters. The third-order valence-electron chi connectivity index (χ3n) is 6.09. The molecular formula is C27H26N2O6. The number of nitrogens with one attached hydrogen (secondary N) is 2. The molecular weight excluding hydrogens is 448 g/mol. The lowest BCUT2D eigenvalue weighted by Crippen LogP contribution is -2.42. The van der Waals surface area contributed by atoms with Crippen molar-refractivity contribution < 1.29 is 29.0 Å². The number of aliphatic carboxylic acids is 1. The Morgan fingerprint density at radius 3 is 2.03 bits per heavy atom. The first kappa shape index (κ1) is 23.8. The van der Waals surface area contributed by atoms with E-state index in [0.29, 0.717) is 11.3 Å². The van der Waals surface area contributed by atoms with Crippen molar-refractivity contribution in [2.24, 2.45) is 0 Å². The van der Waals surface area contributed by atoms with Crippen LogP contribution in [0, 0.1) is 0 Å². The summed E-state index contributed by atoms with van der Waals surface area (Å²) in [4.78, 5) is 36.0. The predicted octanol–water partition coefficient (Wildman–Crippen LogP) is 4.21. The van der Waals surface area contributed by atoms with Crippen molar-refractivity contribution in [3.63, 3.8) is 0 Å². The smallest absolute Gasteiger partial charge is 0.426 e. The van der Waals surface area contributed by atoms with Gasteiger partial charge in [0.2, 0.25) is 5.91 Å². The standard InChI is InChI=1S/C27H26N2O6/c1-34-19-12-10-17(11-13-19)18(15-26(31)32)14-25(30)28-29-27(33)35-16-24-22-8-4-2-6-20(22)21-7-3-5-9-23(21)24/h2-13,18,24H,14-16H2,1H3,(H,28,30)(H,29,33)(H,31,32). The summed E-state index contributed by atoms with van der Waals surface area (Å²) < 4.78 is 10.5. The van der Waals surface area contributed by atoms with Crippen LogP contribution in [0.3, 0.4) is 0 Å². The molecule has 0 saturated heterocycles. The Balaban J connectivity index is 1.32. The predicted molar refractivity (Wildman–Crippen MR) is 129 cm³/mol. The van der Waals surface area contributed by atoms with Crippen LogP contribution in [-0.2, 0) is 14.3 Å². The minimum atomic E-state index is -1.02. The van der Waals surface area contributed by atoms with Crippen molar-refractivity contribution in [2.75, 3.05) is 13.7 Å². The molecule has 0 saturated carbocycles. The molecule has 0 aliphatic heterocycles. The second-order valence-corrected chi connectivity index (χ2v) is 8.27. The van der Waals surface area contributed by atoms with Gasteiger partial charge in [-0.25, -0.2) is 10.2 Å². The van der Waals surface area contributed by atoms with E-state index in [1.165, 1.54) is 7.11 Å². The molecule has 8 heteroatoms. The number of amides is 2. The maximum atomic E-state index is 12.4. The highest BCUT2D eigenvalue weighted by molar-refractivity contribution is 5.81. The van der Waals surface area contributed by atoms with Gasteiger partial charge >= 0.3 is 12.1 Å². The Bertz CT molecular complexity index is 1180. The van der Waals surface area contributed by atoms with E-state index >= 15 is 0 Å². The molecule has 8 nitrogen and oxygen atoms in total. The molecule has 3 aromatic rings. The third-order valence-corrected chi connectivity index (χ3v) is 6.09. The van der Waals surface area contributed by atoms with Crippen LogP contribution in [0.4, 0.5) is 4.79 Å². The molecule has 0 radical (unpaired) electrons. The Morgan fingerprint density at radius 1 is 0.857 bits per heavy atom. The third kappa shape index (κ3) is 5.60. The zero-order valence-electron chi connectivity index (χ0n) is 19.2. The summed E-state index contributed by atoms with van der Waals surface area (Å²) in [5.41, 5.74) is 9.66. The number of carbonyl (C=O) groups is 3. The number of ether oxygens (including phenoxy) is 2. The molecule has 1 aliphatic rings. The Hall–Kier alpha value is -4.33. The van der Waals surface area contributed by atoms with E-state index in [9.17, 15) is 19.5 Å². The fourth-order valence-electron chi connectivity index (χ4n) is 4.42. The van der Waals surface area contributed by atoms with Crippen LogP contribution in [-0.4, -0.2) is 36.8 Å². The van der Waals surface area contributed by atoms with Gasteiger partial charge in [0.15, 0.2) is 0 Å². The largest absolute Gasteiger partial charge is 0.497 e. The zero-order valence-corrected chi connectivity index (χ0v) is 19.2. The van der Waals surface area contributed by atoms with Crippen LogP contribution in [0.25, 0.3) is 11.1 Å². The van der Waals surface area contributed by atoms with Crippen molar-refractivity contribution in [1.82, 2.24) is 10.9 Å². The lowest BCUT2D eigenvalue weighted by Gasteiger charge is -2.17. The van der Waals surface area contributed by atoms with Crippen LogP contribution in [0.2, 0.25) is 0 Å². The van der Waals surface area contributed by atoms with Gasteiger partial charge in [-0.2, -0.15) is 0 Å². The summed E-state index contributed by atoms with van der Waals surface area (Å²) in [5, 5.41) is 9.24. The Labute approximate surface area is 202 Å². The van der Waals surface area contributed by atoms with Crippen LogP contribution in [0.15, 0.2) is 72.8 Å². The number of carboxylic acid groups (broad SMARTS) is 1. The van der Waals surface area contributed by atoms with Gasteiger partial charge < -0.3 is 14.6 Å². The van der Waals surface area contributed by atoms with Gasteiger partial charge in [-0.05, 0) is 39.9 Å². The summed E-state index contributed by atoms with van der Waals surface area (Å²) in [5.74, 6) is -1.59. The van der Waals surface area contributed by atoms with Gasteiger partial charge in [-0.3, -0.25) is 15.0 Å². The van der Waals surface area contributed by atoms with Crippen molar-refractivity contribution in [3.8, 4) is 16.9 Å². The summed E-state index contributed by atoms with van der Waals surface area (Å²) in [7, 11) is 1.53. The monoisotopic (exact) mass is 474 g/mol. The van der Waals surface area contributed by atoms with Gasteiger partial charge in [-0.1, -0.05) is 60.7 Å². The maximum absolute atomic E-state index is 12.4. The van der Waals surface area contributed by atoms with E-state index in [0.717, 1.165) is 22.3 Å². The lowest BCUT2D eigenvalue weighted by molar-refractivity contribution is -0.137. The molecule has 1 atom stereocenters. The lowest BCUT2D eigenvalue weighted by atomic mass is 9.92. The normalized spacial score (nSPS) is 12.7. The number of carbonyl (C=O) groups excluding carboxylic acids is 2. The van der Waals surface area contributed by atoms with E-state index in [1.807, 2.05) is 48.5 Å². The van der Waals surface area contributed by atoms with Crippen LogP contribution < -0.4 is 15.6 Å². The van der Waals surface area contributed by atoms with Crippen molar-refractivity contribution in [3.05, 3.63) is 89.5 Å². The fraction of sp³-hybridized carbons (Fsp3) is 0.222. The van der Waals surface area contributed by atoms with Gasteiger partial charge in [0.25, 0.3) is 0 Å². The first-order chi connectivity index (χ1) is 17.0. The number of fused-ring (bicyclic) bond motifs is 3. The number of hydrogen-bond acceptors (Lipinski definition) is 5. The van der Waals surface area contributed by atoms with E-state index < -0.39 is 23.9 Å². The van der Waals surface area contributed by atoms with Gasteiger partial charge in [0.1, 0.15) is 12.4 Å². The van der Waals surface area contributed by atoms with Crippen molar-refractivity contribution >= 4 is 18.0 Å². The van der Waals surface area contributed by atoms with Crippen LogP contribution in [0.5, 0.6) is 5.75 Å². The Kier molecular flexibility index (Phi) is 7.30. The van der Waals surface area contributed by atoms with Crippen molar-refractivity contribution in [1.29, 1.82) is 0 Å². The summed E-state index contributed by atoms with van der Waals surface area (Å²) in [6.45, 7) is 0.114. The second-order valence-electron chi connectivity index (χ2n) is 8.27. The quantitative estimate of drug-likeness (QED) is 0.422. The molecule has 1 aliphatic carbocycles. The maximum Gasteiger partial charge on any atom is 0.426 e. The van der Waals surface area contributed by atoms with Gasteiger partial charge in [0, 0.05) is 18.3 Å². The summed E-state index contributed by atoms with van der Waals surface area (Å²) in [6, 6.07) is 22.8. The average molecular weight is 475 g/mol. The number of methoxy groups -OCH3 is 1. The van der Waals surface area contributed by atoms with E-state index in [4.69, 9.17) is 9.47 Å². The summed E-state index contributed by atoms with van der Waals surface area (Å²) >= 11 is 0. The van der Waals surface area contributed by atoms with Crippen LogP contribution in [0.1, 0.15) is 41.4 Å². The second kappa shape index (κ2) is 10.7. The van der Waals surface area contributed by atoms with Crippen molar-refractivity contribution in [2.45, 2.75) is 24.7 Å². The minimum absolute atomic E-state index is 0.0983. The van der Waals surface area contributed by atoms with E-state index in [1.54, 1.807) is 24.3 Å². The van der Waals surface area contributed by atoms with E-state index in [2.05, 4.69) is 10.9 Å². The first-order valence-corrected chi connectivity index (χ1v) is 11.2. The SMILES string of the molecule is COc1ccc(C(CC(=O)O)CC(=O)NNC(=O)OCC2c3ccccc3-c3ccccc32)cc1. The molecule has 180 valence electrons. The van der Waals surface area contributed by atoms with E-state index in [-0.39, 0.29) is 25.4 Å². The highest BCUT2D eigenvalue weighted by atomic mass is 16.6. The molecule has 0 aromatic heterocycles. The van der Waals surface area contributed by atoms with Gasteiger partial charge in [0.05, 0.1) is 13.5 Å². The molecule has 0 spiro atoms. The molecule has 3 aromatic carbocycles. The zero-order chi connectivity index (χ0) is 24.8. The average Bonchev–Trinajstić information content (AvgIpc) is 3.19. The molecule has 0 bridgehead atoms. The molecule has 4 rings (SSSR count). The molecule has 35 heavy (non-hydrogen) atoms. The fourth-order valence-corrected chi connectivity index (χ4v) is 4.42.